The third-order valence-corrected chi connectivity index (χ3v) is 4.25. The average molecular weight is 368 g/mol. The van der Waals surface area contributed by atoms with Crippen LogP contribution in [0.2, 0.25) is 0 Å². The number of para-hydroxylation sites is 1. The monoisotopic (exact) mass is 368 g/mol. The van der Waals surface area contributed by atoms with Crippen molar-refractivity contribution in [3.05, 3.63) is 60.0 Å². The van der Waals surface area contributed by atoms with Gasteiger partial charge in [-0.05, 0) is 29.8 Å². The molecular formula is C18H16N4O3S. The van der Waals surface area contributed by atoms with Crippen LogP contribution in [0.4, 0.5) is 26.0 Å². The van der Waals surface area contributed by atoms with Gasteiger partial charge >= 0.3 is 12.1 Å². The molecule has 8 heteroatoms. The van der Waals surface area contributed by atoms with Crippen molar-refractivity contribution in [2.24, 2.45) is 5.73 Å². The molecule has 0 fully saturated rings. The highest BCUT2D eigenvalue weighted by Gasteiger charge is 2.15. The maximum atomic E-state index is 12.0. The van der Waals surface area contributed by atoms with Crippen molar-refractivity contribution in [2.75, 3.05) is 16.4 Å². The van der Waals surface area contributed by atoms with Gasteiger partial charge in [0.25, 0.3) is 0 Å². The summed E-state index contributed by atoms with van der Waals surface area (Å²) in [4.78, 5) is 23.0. The molecular weight excluding hydrogens is 352 g/mol. The van der Waals surface area contributed by atoms with E-state index in [0.717, 1.165) is 5.56 Å². The van der Waals surface area contributed by atoms with E-state index in [-0.39, 0.29) is 11.8 Å². The summed E-state index contributed by atoms with van der Waals surface area (Å²) in [6, 6.07) is 15.8. The van der Waals surface area contributed by atoms with Crippen LogP contribution in [-0.4, -0.2) is 12.1 Å². The third kappa shape index (κ3) is 4.11. The molecule has 0 bridgehead atoms. The fourth-order valence-corrected chi connectivity index (χ4v) is 3.06. The molecule has 0 saturated carbocycles. The van der Waals surface area contributed by atoms with Gasteiger partial charge in [-0.3, -0.25) is 0 Å². The van der Waals surface area contributed by atoms with Gasteiger partial charge in [-0.2, -0.15) is 0 Å². The quantitative estimate of drug-likeness (QED) is 0.554. The van der Waals surface area contributed by atoms with Crippen molar-refractivity contribution in [2.45, 2.75) is 0 Å². The molecule has 26 heavy (non-hydrogen) atoms. The summed E-state index contributed by atoms with van der Waals surface area (Å²) >= 11 is 1.25. The number of nitrogen functional groups attached to an aromatic ring is 1. The molecule has 0 unspecified atom stereocenters. The number of benzene rings is 2. The zero-order chi connectivity index (χ0) is 18.5. The van der Waals surface area contributed by atoms with Crippen molar-refractivity contribution >= 4 is 39.8 Å². The second-order valence-electron chi connectivity index (χ2n) is 5.29. The molecule has 7 nitrogen and oxygen atoms in total. The predicted octanol–water partition coefficient (Wildman–Crippen LogP) is 4.10. The molecule has 2 aromatic carbocycles. The van der Waals surface area contributed by atoms with Gasteiger partial charge in [-0.25, -0.2) is 9.59 Å². The zero-order valence-corrected chi connectivity index (χ0v) is 14.4. The van der Waals surface area contributed by atoms with Crippen LogP contribution in [0.15, 0.2) is 60.0 Å². The average Bonchev–Trinajstić information content (AvgIpc) is 2.96. The van der Waals surface area contributed by atoms with E-state index in [1.54, 1.807) is 41.8 Å². The molecule has 0 aliphatic heterocycles. The number of carbonyl (C=O) groups excluding carboxylic acids is 2. The van der Waals surface area contributed by atoms with Crippen LogP contribution < -0.4 is 26.8 Å². The number of nitrogens with one attached hydrogen (secondary N) is 2. The number of rotatable bonds is 4. The minimum atomic E-state index is -0.924. The van der Waals surface area contributed by atoms with Gasteiger partial charge in [-0.1, -0.05) is 30.3 Å². The lowest BCUT2D eigenvalue weighted by molar-refractivity contribution is 0.211. The normalized spacial score (nSPS) is 10.2. The molecule has 0 aliphatic rings. The van der Waals surface area contributed by atoms with Crippen molar-refractivity contribution < 1.29 is 14.3 Å². The zero-order valence-electron chi connectivity index (χ0n) is 13.6. The Morgan fingerprint density at radius 1 is 0.923 bits per heavy atom. The van der Waals surface area contributed by atoms with Crippen molar-refractivity contribution in [3.8, 4) is 16.9 Å². The van der Waals surface area contributed by atoms with Gasteiger partial charge < -0.3 is 26.8 Å². The molecule has 0 radical (unpaired) electrons. The lowest BCUT2D eigenvalue weighted by Gasteiger charge is -2.09. The minimum absolute atomic E-state index is 0.241. The van der Waals surface area contributed by atoms with Crippen LogP contribution in [-0.2, 0) is 0 Å². The molecule has 3 amide bonds. The Morgan fingerprint density at radius 3 is 2.15 bits per heavy atom. The van der Waals surface area contributed by atoms with Crippen LogP contribution in [0, 0.1) is 0 Å². The third-order valence-electron chi connectivity index (χ3n) is 3.46. The summed E-state index contributed by atoms with van der Waals surface area (Å²) in [6.45, 7) is 0. The number of ether oxygens (including phenoxy) is 1. The molecule has 0 spiro atoms. The number of nitrogens with two attached hydrogens (primary N) is 2. The summed E-state index contributed by atoms with van der Waals surface area (Å²) < 4.78 is 4.98. The molecule has 3 rings (SSSR count). The first kappa shape index (κ1) is 17.3. The van der Waals surface area contributed by atoms with Gasteiger partial charge in [0.2, 0.25) is 0 Å². The molecule has 0 saturated heterocycles. The summed E-state index contributed by atoms with van der Waals surface area (Å²) in [7, 11) is 0. The smallest absolute Gasteiger partial charge is 0.407 e. The molecule has 0 atom stereocenters. The number of carbonyl (C=O) groups is 2. The molecule has 6 N–H and O–H groups in total. The Hall–Kier alpha value is -3.52. The fourth-order valence-electron chi connectivity index (χ4n) is 2.32. The summed E-state index contributed by atoms with van der Waals surface area (Å²) in [5.41, 5.74) is 13.6. The highest BCUT2D eigenvalue weighted by molar-refractivity contribution is 7.14. The minimum Gasteiger partial charge on any atom is -0.407 e. The standard InChI is InChI=1S/C18H16N4O3S/c19-16-15(25-17(20)23)14(10-26-16)11-6-8-13(9-7-11)22-18(24)21-12-4-2-1-3-5-12/h1-10H,19H2,(H2,20,23)(H2,21,22,24). The second kappa shape index (κ2) is 7.58. The largest absolute Gasteiger partial charge is 0.410 e. The van der Waals surface area contributed by atoms with Crippen LogP contribution in [0.25, 0.3) is 11.1 Å². The number of amides is 3. The Bertz CT molecular complexity index is 923. The Labute approximate surface area is 153 Å². The van der Waals surface area contributed by atoms with Crippen LogP contribution in [0.1, 0.15) is 0 Å². The fraction of sp³-hybridized carbons (Fsp3) is 0. The Balaban J connectivity index is 1.71. The van der Waals surface area contributed by atoms with Crippen molar-refractivity contribution in [1.29, 1.82) is 0 Å². The van der Waals surface area contributed by atoms with Crippen molar-refractivity contribution in [3.63, 3.8) is 0 Å². The van der Waals surface area contributed by atoms with Gasteiger partial charge in [0.05, 0.1) is 0 Å². The number of primary amides is 1. The van der Waals surface area contributed by atoms with E-state index in [9.17, 15) is 9.59 Å². The van der Waals surface area contributed by atoms with E-state index < -0.39 is 6.09 Å². The van der Waals surface area contributed by atoms with Gasteiger partial charge in [0.1, 0.15) is 5.00 Å². The molecule has 3 aromatic rings. The lowest BCUT2D eigenvalue weighted by atomic mass is 10.1. The molecule has 132 valence electrons. The predicted molar refractivity (Wildman–Crippen MR) is 103 cm³/mol. The van der Waals surface area contributed by atoms with E-state index >= 15 is 0 Å². The van der Waals surface area contributed by atoms with E-state index in [2.05, 4.69) is 10.6 Å². The highest BCUT2D eigenvalue weighted by Crippen LogP contribution is 2.40. The first-order valence-electron chi connectivity index (χ1n) is 7.60. The number of hydrogen-bond acceptors (Lipinski definition) is 5. The second-order valence-corrected chi connectivity index (χ2v) is 6.20. The van der Waals surface area contributed by atoms with Gasteiger partial charge in [0.15, 0.2) is 5.75 Å². The Morgan fingerprint density at radius 2 is 1.54 bits per heavy atom. The highest BCUT2D eigenvalue weighted by atomic mass is 32.1. The van der Waals surface area contributed by atoms with Crippen LogP contribution >= 0.6 is 11.3 Å². The van der Waals surface area contributed by atoms with Gasteiger partial charge in [-0.15, -0.1) is 11.3 Å². The number of urea groups is 1. The van der Waals surface area contributed by atoms with Crippen molar-refractivity contribution in [1.82, 2.24) is 0 Å². The SMILES string of the molecule is NC(=O)Oc1c(-c2ccc(NC(=O)Nc3ccccc3)cc2)csc1N. The number of thiophene rings is 1. The number of anilines is 3. The van der Waals surface area contributed by atoms with Crippen LogP contribution in [0.3, 0.4) is 0 Å². The topological polar surface area (TPSA) is 119 Å². The summed E-state index contributed by atoms with van der Waals surface area (Å²) in [6.07, 6.45) is -0.924. The molecule has 0 aliphatic carbocycles. The van der Waals surface area contributed by atoms with E-state index in [1.165, 1.54) is 11.3 Å². The van der Waals surface area contributed by atoms with Gasteiger partial charge in [0, 0.05) is 22.3 Å². The first-order valence-corrected chi connectivity index (χ1v) is 8.48. The first-order chi connectivity index (χ1) is 12.5. The molecule has 1 aromatic heterocycles. The summed E-state index contributed by atoms with van der Waals surface area (Å²) in [5.74, 6) is 0.241. The maximum absolute atomic E-state index is 12.0. The number of hydrogen-bond donors (Lipinski definition) is 4. The lowest BCUT2D eigenvalue weighted by Crippen LogP contribution is -2.19. The maximum Gasteiger partial charge on any atom is 0.410 e. The molecule has 1 heterocycles. The van der Waals surface area contributed by atoms with E-state index in [0.29, 0.717) is 21.9 Å². The summed E-state index contributed by atoms with van der Waals surface area (Å²) in [5, 5.41) is 7.62. The van der Waals surface area contributed by atoms with Crippen LogP contribution in [0.5, 0.6) is 5.75 Å². The van der Waals surface area contributed by atoms with E-state index in [1.807, 2.05) is 18.2 Å². The van der Waals surface area contributed by atoms with E-state index in [4.69, 9.17) is 16.2 Å². The Kier molecular flexibility index (Phi) is 5.04.